The molecule has 19 heavy (non-hydrogen) atoms. The number of unbranched alkanes of at least 4 members (excludes halogenated alkanes) is 3. The van der Waals surface area contributed by atoms with Crippen LogP contribution in [0.5, 0.6) is 0 Å². The van der Waals surface area contributed by atoms with Crippen molar-refractivity contribution >= 4 is 0 Å². The molecular weight excluding hydrogens is 232 g/mol. The molecule has 1 rings (SSSR count). The van der Waals surface area contributed by atoms with E-state index >= 15 is 0 Å². The lowest BCUT2D eigenvalue weighted by atomic mass is 9.83. The lowest BCUT2D eigenvalue weighted by molar-refractivity contribution is 0.0615. The van der Waals surface area contributed by atoms with Crippen LogP contribution in [0.3, 0.4) is 0 Å². The number of nitrogens with one attached hydrogen (secondary N) is 1. The molecule has 0 radical (unpaired) electrons. The summed E-state index contributed by atoms with van der Waals surface area (Å²) in [6.07, 6.45) is 12.5. The van der Waals surface area contributed by atoms with Crippen molar-refractivity contribution in [2.24, 2.45) is 0 Å². The molecule has 0 heterocycles. The summed E-state index contributed by atoms with van der Waals surface area (Å²) in [5, 5.41) is 3.67. The van der Waals surface area contributed by atoms with Gasteiger partial charge in [-0.2, -0.15) is 0 Å². The highest BCUT2D eigenvalue weighted by Gasteiger charge is 2.43. The van der Waals surface area contributed by atoms with Crippen LogP contribution in [0.15, 0.2) is 0 Å². The summed E-state index contributed by atoms with van der Waals surface area (Å²) in [7, 11) is 2.17. The lowest BCUT2D eigenvalue weighted by Gasteiger charge is -2.46. The van der Waals surface area contributed by atoms with E-state index in [2.05, 4.69) is 38.0 Å². The SMILES string of the molecule is CCCCCCC(NC)C1(N(CC)CC)CCCC1. The molecule has 0 aromatic carbocycles. The number of likely N-dealkylation sites (N-methyl/N-ethyl adjacent to an activating group) is 2. The zero-order valence-corrected chi connectivity index (χ0v) is 13.8. The maximum Gasteiger partial charge on any atom is 0.0362 e. The fourth-order valence-corrected chi connectivity index (χ4v) is 4.18. The van der Waals surface area contributed by atoms with E-state index in [1.54, 1.807) is 0 Å². The maximum atomic E-state index is 3.67. The van der Waals surface area contributed by atoms with Gasteiger partial charge in [-0.1, -0.05) is 59.3 Å². The average Bonchev–Trinajstić information content (AvgIpc) is 2.91. The Kier molecular flexibility index (Phi) is 8.01. The van der Waals surface area contributed by atoms with E-state index in [1.807, 2.05) is 0 Å². The number of nitrogens with zero attached hydrogens (tertiary/aromatic N) is 1. The number of hydrogen-bond acceptors (Lipinski definition) is 2. The Bertz CT molecular complexity index is 217. The van der Waals surface area contributed by atoms with Crippen molar-refractivity contribution in [3.05, 3.63) is 0 Å². The summed E-state index contributed by atoms with van der Waals surface area (Å²) >= 11 is 0. The van der Waals surface area contributed by atoms with Crippen LogP contribution < -0.4 is 5.32 Å². The van der Waals surface area contributed by atoms with Gasteiger partial charge in [0.1, 0.15) is 0 Å². The van der Waals surface area contributed by atoms with Crippen molar-refractivity contribution in [2.45, 2.75) is 90.1 Å². The molecule has 1 fully saturated rings. The second-order valence-electron chi connectivity index (χ2n) is 6.17. The van der Waals surface area contributed by atoms with Gasteiger partial charge in [0.05, 0.1) is 0 Å². The zero-order valence-electron chi connectivity index (χ0n) is 13.8. The summed E-state index contributed by atoms with van der Waals surface area (Å²) in [6, 6.07) is 0.687. The van der Waals surface area contributed by atoms with Crippen molar-refractivity contribution in [2.75, 3.05) is 20.1 Å². The van der Waals surface area contributed by atoms with Crippen molar-refractivity contribution in [3.8, 4) is 0 Å². The first kappa shape index (κ1) is 17.0. The lowest BCUT2D eigenvalue weighted by Crippen LogP contribution is -2.59. The molecule has 2 nitrogen and oxygen atoms in total. The Hall–Kier alpha value is -0.0800. The Balaban J connectivity index is 2.65. The van der Waals surface area contributed by atoms with E-state index < -0.39 is 0 Å². The topological polar surface area (TPSA) is 15.3 Å². The van der Waals surface area contributed by atoms with Gasteiger partial charge in [-0.3, -0.25) is 4.90 Å². The van der Waals surface area contributed by atoms with Crippen molar-refractivity contribution in [3.63, 3.8) is 0 Å². The van der Waals surface area contributed by atoms with Gasteiger partial charge in [0.2, 0.25) is 0 Å². The number of hydrogen-bond donors (Lipinski definition) is 1. The quantitative estimate of drug-likeness (QED) is 0.597. The fourth-order valence-electron chi connectivity index (χ4n) is 4.18. The standard InChI is InChI=1S/C17H36N2/c1-5-8-9-10-13-16(18-4)17(14-11-12-15-17)19(6-2)7-3/h16,18H,5-15H2,1-4H3. The van der Waals surface area contributed by atoms with E-state index in [-0.39, 0.29) is 0 Å². The molecule has 2 heteroatoms. The van der Waals surface area contributed by atoms with E-state index in [9.17, 15) is 0 Å². The normalized spacial score (nSPS) is 20.1. The molecule has 1 unspecified atom stereocenters. The van der Waals surface area contributed by atoms with E-state index in [0.29, 0.717) is 11.6 Å². The summed E-state index contributed by atoms with van der Waals surface area (Å²) in [4.78, 5) is 2.74. The highest BCUT2D eigenvalue weighted by atomic mass is 15.2. The summed E-state index contributed by atoms with van der Waals surface area (Å²) in [5.41, 5.74) is 0.449. The van der Waals surface area contributed by atoms with Gasteiger partial charge in [0.15, 0.2) is 0 Å². The highest BCUT2D eigenvalue weighted by molar-refractivity contribution is 5.02. The van der Waals surface area contributed by atoms with E-state index in [4.69, 9.17) is 0 Å². The summed E-state index contributed by atoms with van der Waals surface area (Å²) in [6.45, 7) is 9.35. The van der Waals surface area contributed by atoms with Crippen LogP contribution in [0.25, 0.3) is 0 Å². The van der Waals surface area contributed by atoms with Crippen LogP contribution in [0, 0.1) is 0 Å². The molecule has 0 aromatic rings. The van der Waals surface area contributed by atoms with Crippen molar-refractivity contribution in [1.29, 1.82) is 0 Å². The molecule has 0 aromatic heterocycles. The maximum absolute atomic E-state index is 3.67. The van der Waals surface area contributed by atoms with Crippen molar-refractivity contribution < 1.29 is 0 Å². The van der Waals surface area contributed by atoms with E-state index in [0.717, 1.165) is 0 Å². The van der Waals surface area contributed by atoms with Gasteiger partial charge in [-0.05, 0) is 39.4 Å². The molecule has 1 saturated carbocycles. The van der Waals surface area contributed by atoms with Crippen molar-refractivity contribution in [1.82, 2.24) is 10.2 Å². The van der Waals surface area contributed by atoms with Gasteiger partial charge < -0.3 is 5.32 Å². The second kappa shape index (κ2) is 8.97. The zero-order chi connectivity index (χ0) is 14.1. The van der Waals surface area contributed by atoms with Gasteiger partial charge in [-0.25, -0.2) is 0 Å². The van der Waals surface area contributed by atoms with Gasteiger partial charge in [0.25, 0.3) is 0 Å². The molecule has 0 amide bonds. The molecular formula is C17H36N2. The Morgan fingerprint density at radius 3 is 2.11 bits per heavy atom. The van der Waals surface area contributed by atoms with Gasteiger partial charge in [0, 0.05) is 11.6 Å². The third-order valence-corrected chi connectivity index (χ3v) is 5.21. The highest BCUT2D eigenvalue weighted by Crippen LogP contribution is 2.39. The molecule has 0 spiro atoms. The predicted molar refractivity (Wildman–Crippen MR) is 85.7 cm³/mol. The van der Waals surface area contributed by atoms with E-state index in [1.165, 1.54) is 70.9 Å². The smallest absolute Gasteiger partial charge is 0.0362 e. The molecule has 0 aliphatic heterocycles. The third-order valence-electron chi connectivity index (χ3n) is 5.21. The molecule has 1 aliphatic rings. The van der Waals surface area contributed by atoms with Gasteiger partial charge >= 0.3 is 0 Å². The van der Waals surface area contributed by atoms with Crippen LogP contribution in [-0.4, -0.2) is 36.6 Å². The summed E-state index contributed by atoms with van der Waals surface area (Å²) < 4.78 is 0. The minimum absolute atomic E-state index is 0.449. The Morgan fingerprint density at radius 2 is 1.63 bits per heavy atom. The molecule has 0 saturated heterocycles. The molecule has 1 atom stereocenters. The van der Waals surface area contributed by atoms with Gasteiger partial charge in [-0.15, -0.1) is 0 Å². The Labute approximate surface area is 121 Å². The fraction of sp³-hybridized carbons (Fsp3) is 1.00. The molecule has 1 aliphatic carbocycles. The first-order valence-corrected chi connectivity index (χ1v) is 8.67. The van der Waals surface area contributed by atoms with Crippen LogP contribution >= 0.6 is 0 Å². The van der Waals surface area contributed by atoms with Crippen LogP contribution in [0.2, 0.25) is 0 Å². The van der Waals surface area contributed by atoms with Crippen LogP contribution in [0.1, 0.15) is 78.6 Å². The Morgan fingerprint density at radius 1 is 1.00 bits per heavy atom. The molecule has 0 bridgehead atoms. The molecule has 114 valence electrons. The monoisotopic (exact) mass is 268 g/mol. The first-order chi connectivity index (χ1) is 9.25. The average molecular weight is 268 g/mol. The van der Waals surface area contributed by atoms with Crippen LogP contribution in [0.4, 0.5) is 0 Å². The summed E-state index contributed by atoms with van der Waals surface area (Å²) in [5.74, 6) is 0. The number of rotatable bonds is 10. The minimum Gasteiger partial charge on any atom is -0.315 e. The second-order valence-corrected chi connectivity index (χ2v) is 6.17. The molecule has 1 N–H and O–H groups in total. The first-order valence-electron chi connectivity index (χ1n) is 8.67. The minimum atomic E-state index is 0.449. The third kappa shape index (κ3) is 4.19. The van der Waals surface area contributed by atoms with Crippen LogP contribution in [-0.2, 0) is 0 Å². The predicted octanol–water partition coefficient (Wildman–Crippen LogP) is 4.20. The largest absolute Gasteiger partial charge is 0.315 e.